The van der Waals surface area contributed by atoms with Crippen LogP contribution in [0, 0.1) is 5.92 Å². The second-order valence-electron chi connectivity index (χ2n) is 4.21. The fourth-order valence-corrected chi connectivity index (χ4v) is 2.50. The van der Waals surface area contributed by atoms with E-state index in [4.69, 9.17) is 9.47 Å². The summed E-state index contributed by atoms with van der Waals surface area (Å²) < 4.78 is 10.2. The molecule has 4 heteroatoms. The van der Waals surface area contributed by atoms with Crippen LogP contribution in [0.4, 0.5) is 0 Å². The molecule has 0 bridgehead atoms. The van der Waals surface area contributed by atoms with Crippen molar-refractivity contribution in [3.8, 4) is 5.75 Å². The van der Waals surface area contributed by atoms with Gasteiger partial charge in [-0.2, -0.15) is 0 Å². The molecule has 0 saturated heterocycles. The average molecular weight is 268 g/mol. The first-order chi connectivity index (χ1) is 8.58. The predicted molar refractivity (Wildman–Crippen MR) is 74.1 cm³/mol. The van der Waals surface area contributed by atoms with Crippen LogP contribution in [0.15, 0.2) is 29.2 Å². The topological polar surface area (TPSA) is 35.5 Å². The van der Waals surface area contributed by atoms with E-state index in [9.17, 15) is 4.79 Å². The van der Waals surface area contributed by atoms with Gasteiger partial charge < -0.3 is 9.47 Å². The Labute approximate surface area is 113 Å². The third kappa shape index (κ3) is 4.26. The Kier molecular flexibility index (Phi) is 6.05. The van der Waals surface area contributed by atoms with Gasteiger partial charge in [0, 0.05) is 4.90 Å². The van der Waals surface area contributed by atoms with Gasteiger partial charge in [0.25, 0.3) is 0 Å². The zero-order valence-electron chi connectivity index (χ0n) is 11.3. The van der Waals surface area contributed by atoms with Crippen LogP contribution >= 0.6 is 11.8 Å². The summed E-state index contributed by atoms with van der Waals surface area (Å²) in [6, 6.07) is 7.70. The molecule has 0 amide bonds. The fourth-order valence-electron chi connectivity index (χ4n) is 1.48. The smallest absolute Gasteiger partial charge is 0.319 e. The lowest BCUT2D eigenvalue weighted by Gasteiger charge is -2.18. The molecule has 0 aliphatic carbocycles. The van der Waals surface area contributed by atoms with Crippen molar-refractivity contribution in [2.45, 2.75) is 30.9 Å². The first-order valence-electron chi connectivity index (χ1n) is 6.05. The molecule has 0 saturated carbocycles. The Balaban J connectivity index is 2.73. The maximum atomic E-state index is 11.8. The number of methoxy groups -OCH3 is 1. The summed E-state index contributed by atoms with van der Waals surface area (Å²) in [6.45, 7) is 6.30. The highest BCUT2D eigenvalue weighted by Gasteiger charge is 2.24. The van der Waals surface area contributed by atoms with Crippen molar-refractivity contribution >= 4 is 17.7 Å². The molecular formula is C14H20O3S. The minimum Gasteiger partial charge on any atom is -0.497 e. The van der Waals surface area contributed by atoms with E-state index in [1.165, 1.54) is 11.8 Å². The second-order valence-corrected chi connectivity index (χ2v) is 5.43. The van der Waals surface area contributed by atoms with Gasteiger partial charge in [0.2, 0.25) is 0 Å². The Morgan fingerprint density at radius 1 is 1.28 bits per heavy atom. The Bertz CT molecular complexity index is 373. The van der Waals surface area contributed by atoms with Crippen LogP contribution in [0.25, 0.3) is 0 Å². The fraction of sp³-hybridized carbons (Fsp3) is 0.500. The number of carbonyl (C=O) groups excluding carboxylic acids is 1. The van der Waals surface area contributed by atoms with Crippen molar-refractivity contribution in [1.82, 2.24) is 0 Å². The van der Waals surface area contributed by atoms with Crippen molar-refractivity contribution in [3.63, 3.8) is 0 Å². The highest BCUT2D eigenvalue weighted by molar-refractivity contribution is 8.00. The molecule has 0 heterocycles. The van der Waals surface area contributed by atoms with Crippen LogP contribution in [0.3, 0.4) is 0 Å². The molecule has 0 aliphatic heterocycles. The molecule has 18 heavy (non-hydrogen) atoms. The lowest BCUT2D eigenvalue weighted by atomic mass is 10.1. The number of hydrogen-bond acceptors (Lipinski definition) is 4. The van der Waals surface area contributed by atoms with E-state index in [1.807, 2.05) is 45.0 Å². The van der Waals surface area contributed by atoms with Gasteiger partial charge >= 0.3 is 5.97 Å². The van der Waals surface area contributed by atoms with Crippen LogP contribution in [0.5, 0.6) is 5.75 Å². The molecule has 0 N–H and O–H groups in total. The van der Waals surface area contributed by atoms with Crippen LogP contribution in [0.1, 0.15) is 20.8 Å². The van der Waals surface area contributed by atoms with Crippen LogP contribution in [-0.2, 0) is 9.53 Å². The van der Waals surface area contributed by atoms with E-state index in [0.717, 1.165) is 10.6 Å². The van der Waals surface area contributed by atoms with Crippen molar-refractivity contribution in [3.05, 3.63) is 24.3 Å². The van der Waals surface area contributed by atoms with E-state index in [2.05, 4.69) is 0 Å². The van der Waals surface area contributed by atoms with E-state index in [1.54, 1.807) is 7.11 Å². The third-order valence-corrected chi connectivity index (χ3v) is 3.98. The van der Waals surface area contributed by atoms with Crippen LogP contribution in [-0.4, -0.2) is 24.9 Å². The van der Waals surface area contributed by atoms with Gasteiger partial charge in [-0.1, -0.05) is 13.8 Å². The Morgan fingerprint density at radius 2 is 1.89 bits per heavy atom. The number of esters is 1. The Morgan fingerprint density at radius 3 is 2.33 bits per heavy atom. The molecule has 0 fully saturated rings. The van der Waals surface area contributed by atoms with Gasteiger partial charge in [0.15, 0.2) is 0 Å². The lowest BCUT2D eigenvalue weighted by molar-refractivity contribution is -0.143. The Hall–Kier alpha value is -1.16. The van der Waals surface area contributed by atoms with E-state index >= 15 is 0 Å². The predicted octanol–water partition coefficient (Wildman–Crippen LogP) is 3.38. The van der Waals surface area contributed by atoms with Gasteiger partial charge in [-0.3, -0.25) is 4.79 Å². The van der Waals surface area contributed by atoms with E-state index in [0.29, 0.717) is 6.61 Å². The maximum Gasteiger partial charge on any atom is 0.319 e. The number of hydrogen-bond donors (Lipinski definition) is 0. The molecule has 0 aromatic heterocycles. The van der Waals surface area contributed by atoms with E-state index < -0.39 is 0 Å². The number of thioether (sulfide) groups is 1. The zero-order chi connectivity index (χ0) is 13.5. The standard InChI is InChI=1S/C14H20O3S/c1-5-17-14(15)13(10(2)3)18-12-8-6-11(16-4)7-9-12/h6-10,13H,5H2,1-4H3/t13-/m1/s1. The lowest BCUT2D eigenvalue weighted by Crippen LogP contribution is -2.25. The SMILES string of the molecule is CCOC(=O)[C@H](Sc1ccc(OC)cc1)C(C)C. The molecule has 1 aromatic carbocycles. The first-order valence-corrected chi connectivity index (χ1v) is 6.93. The minimum atomic E-state index is -0.168. The highest BCUT2D eigenvalue weighted by Crippen LogP contribution is 2.30. The third-order valence-electron chi connectivity index (χ3n) is 2.45. The summed E-state index contributed by atoms with van der Waals surface area (Å²) in [7, 11) is 1.64. The molecular weight excluding hydrogens is 248 g/mol. The number of rotatable bonds is 6. The molecule has 1 atom stereocenters. The molecule has 3 nitrogen and oxygen atoms in total. The summed E-state index contributed by atoms with van der Waals surface area (Å²) in [5, 5.41) is -0.168. The minimum absolute atomic E-state index is 0.145. The molecule has 100 valence electrons. The molecule has 1 rings (SSSR count). The largest absolute Gasteiger partial charge is 0.497 e. The number of ether oxygens (including phenoxy) is 2. The second kappa shape index (κ2) is 7.31. The van der Waals surface area contributed by atoms with Gasteiger partial charge in [-0.15, -0.1) is 11.8 Å². The summed E-state index contributed by atoms with van der Waals surface area (Å²) in [6.07, 6.45) is 0. The summed E-state index contributed by atoms with van der Waals surface area (Å²) in [4.78, 5) is 12.9. The quantitative estimate of drug-likeness (QED) is 0.585. The van der Waals surface area contributed by atoms with Crippen molar-refractivity contribution in [1.29, 1.82) is 0 Å². The highest BCUT2D eigenvalue weighted by atomic mass is 32.2. The van der Waals surface area contributed by atoms with Gasteiger partial charge in [0.05, 0.1) is 13.7 Å². The average Bonchev–Trinajstić information content (AvgIpc) is 2.36. The van der Waals surface area contributed by atoms with Gasteiger partial charge in [-0.25, -0.2) is 0 Å². The summed E-state index contributed by atoms with van der Waals surface area (Å²) in [5.74, 6) is 0.904. The first kappa shape index (κ1) is 14.9. The van der Waals surface area contributed by atoms with E-state index in [-0.39, 0.29) is 17.1 Å². The van der Waals surface area contributed by atoms with Crippen LogP contribution < -0.4 is 4.74 Å². The zero-order valence-corrected chi connectivity index (χ0v) is 12.1. The summed E-state index contributed by atoms with van der Waals surface area (Å²) >= 11 is 1.53. The normalized spacial score (nSPS) is 12.3. The van der Waals surface area contributed by atoms with Crippen molar-refractivity contribution in [2.24, 2.45) is 5.92 Å². The van der Waals surface area contributed by atoms with Gasteiger partial charge in [-0.05, 0) is 37.1 Å². The molecule has 0 radical (unpaired) electrons. The molecule has 1 aromatic rings. The molecule has 0 unspecified atom stereocenters. The van der Waals surface area contributed by atoms with Crippen molar-refractivity contribution in [2.75, 3.05) is 13.7 Å². The monoisotopic (exact) mass is 268 g/mol. The molecule has 0 aliphatic rings. The van der Waals surface area contributed by atoms with Gasteiger partial charge in [0.1, 0.15) is 11.0 Å². The summed E-state index contributed by atoms with van der Waals surface area (Å²) in [5.41, 5.74) is 0. The maximum absolute atomic E-state index is 11.8. The number of carbonyl (C=O) groups is 1. The van der Waals surface area contributed by atoms with Crippen molar-refractivity contribution < 1.29 is 14.3 Å². The van der Waals surface area contributed by atoms with Crippen LogP contribution in [0.2, 0.25) is 0 Å². The number of benzene rings is 1. The molecule has 0 spiro atoms.